The van der Waals surface area contributed by atoms with E-state index in [0.717, 1.165) is 6.42 Å². The molecule has 0 aromatic heterocycles. The van der Waals surface area contributed by atoms with Crippen molar-refractivity contribution < 1.29 is 0 Å². The van der Waals surface area contributed by atoms with E-state index in [0.29, 0.717) is 6.04 Å². The highest BCUT2D eigenvalue weighted by atomic mass is 15.1. The molecule has 0 aliphatic heterocycles. The molecule has 1 heteroatoms. The molecule has 0 heterocycles. The molecular formula is C21H41N. The number of hydrogen-bond acceptors (Lipinski definition) is 1. The fraction of sp³-hybridized carbons (Fsp3) is 0.905. The van der Waals surface area contributed by atoms with Crippen LogP contribution in [0.25, 0.3) is 0 Å². The third kappa shape index (κ3) is 13.2. The van der Waals surface area contributed by atoms with Gasteiger partial charge in [-0.2, -0.15) is 0 Å². The molecule has 0 N–H and O–H groups in total. The van der Waals surface area contributed by atoms with Crippen molar-refractivity contribution >= 4 is 0 Å². The zero-order chi connectivity index (χ0) is 16.5. The maximum absolute atomic E-state index is 3.57. The second kappa shape index (κ2) is 16.9. The van der Waals surface area contributed by atoms with Crippen LogP contribution in [0.4, 0.5) is 0 Å². The Morgan fingerprint density at radius 1 is 0.727 bits per heavy atom. The van der Waals surface area contributed by atoms with E-state index < -0.39 is 0 Å². The van der Waals surface area contributed by atoms with Crippen LogP contribution in [0.5, 0.6) is 0 Å². The predicted octanol–water partition coefficient (Wildman–Crippen LogP) is 6.42. The summed E-state index contributed by atoms with van der Waals surface area (Å²) in [6, 6.07) is 0.486. The number of nitrogens with zero attached hydrogens (tertiary/aromatic N) is 1. The molecule has 1 nitrogen and oxygen atoms in total. The standard InChI is InChI=1S/C21H41N/c1-5-8-11-13-15-17-19-21(22(4)20-10-7-3)18-16-14-12-9-6-2/h21H,5-16,18,20H2,1-4H3. The molecule has 0 fully saturated rings. The minimum Gasteiger partial charge on any atom is -0.293 e. The second-order valence-electron chi connectivity index (χ2n) is 6.68. The number of hydrogen-bond donors (Lipinski definition) is 0. The van der Waals surface area contributed by atoms with Gasteiger partial charge in [-0.1, -0.05) is 84.5 Å². The van der Waals surface area contributed by atoms with Crippen molar-refractivity contribution in [3.05, 3.63) is 0 Å². The number of unbranched alkanes of at least 4 members (excludes halogenated alkanes) is 9. The first-order chi connectivity index (χ1) is 10.8. The lowest BCUT2D eigenvalue weighted by Crippen LogP contribution is -2.31. The monoisotopic (exact) mass is 307 g/mol. The van der Waals surface area contributed by atoms with Gasteiger partial charge in [0.25, 0.3) is 0 Å². The van der Waals surface area contributed by atoms with Gasteiger partial charge in [0.05, 0.1) is 6.04 Å². The highest BCUT2D eigenvalue weighted by molar-refractivity contribution is 5.07. The molecule has 0 spiro atoms. The smallest absolute Gasteiger partial charge is 0.0712 e. The summed E-state index contributed by atoms with van der Waals surface area (Å²) in [7, 11) is 2.26. The van der Waals surface area contributed by atoms with Crippen LogP contribution in [-0.2, 0) is 0 Å². The summed E-state index contributed by atoms with van der Waals surface area (Å²) in [6.45, 7) is 8.02. The van der Waals surface area contributed by atoms with E-state index in [2.05, 4.69) is 44.6 Å². The molecule has 0 bridgehead atoms. The normalized spacial score (nSPS) is 12.2. The highest BCUT2D eigenvalue weighted by Crippen LogP contribution is 2.11. The molecule has 1 unspecified atom stereocenters. The third-order valence-electron chi connectivity index (χ3n) is 4.40. The van der Waals surface area contributed by atoms with Crippen LogP contribution < -0.4 is 0 Å². The first-order valence-corrected chi connectivity index (χ1v) is 9.94. The topological polar surface area (TPSA) is 3.24 Å². The van der Waals surface area contributed by atoms with E-state index in [1.165, 1.54) is 83.6 Å². The Bertz CT molecular complexity index is 273. The first kappa shape index (κ1) is 21.5. The minimum atomic E-state index is 0.486. The Labute approximate surface area is 141 Å². The summed E-state index contributed by atoms with van der Waals surface area (Å²) < 4.78 is 0. The second-order valence-corrected chi connectivity index (χ2v) is 6.68. The van der Waals surface area contributed by atoms with Crippen LogP contribution in [-0.4, -0.2) is 24.5 Å². The van der Waals surface area contributed by atoms with Crippen LogP contribution in [0.1, 0.15) is 104 Å². The molecule has 22 heavy (non-hydrogen) atoms. The maximum atomic E-state index is 3.57. The molecular weight excluding hydrogens is 266 g/mol. The molecule has 0 aliphatic carbocycles. The fourth-order valence-electron chi connectivity index (χ4n) is 2.74. The predicted molar refractivity (Wildman–Crippen MR) is 101 cm³/mol. The summed E-state index contributed by atoms with van der Waals surface area (Å²) in [5.74, 6) is 7.03. The zero-order valence-electron chi connectivity index (χ0n) is 15.9. The Hall–Kier alpha value is -0.480. The van der Waals surface area contributed by atoms with Gasteiger partial charge >= 0.3 is 0 Å². The molecule has 130 valence electrons. The van der Waals surface area contributed by atoms with Gasteiger partial charge < -0.3 is 0 Å². The Balaban J connectivity index is 4.12. The Morgan fingerprint density at radius 2 is 1.32 bits per heavy atom. The zero-order valence-corrected chi connectivity index (χ0v) is 15.9. The molecule has 0 saturated heterocycles. The van der Waals surface area contributed by atoms with E-state index >= 15 is 0 Å². The lowest BCUT2D eigenvalue weighted by atomic mass is 10.0. The van der Waals surface area contributed by atoms with E-state index in [1.54, 1.807) is 0 Å². The third-order valence-corrected chi connectivity index (χ3v) is 4.40. The molecule has 0 saturated carbocycles. The van der Waals surface area contributed by atoms with Crippen LogP contribution in [0.2, 0.25) is 0 Å². The lowest BCUT2D eigenvalue weighted by molar-refractivity contribution is 0.268. The van der Waals surface area contributed by atoms with Gasteiger partial charge in [0, 0.05) is 6.42 Å². The number of rotatable bonds is 14. The molecule has 0 radical (unpaired) electrons. The quantitative estimate of drug-likeness (QED) is 0.264. The van der Waals surface area contributed by atoms with Crippen molar-refractivity contribution in [3.8, 4) is 11.8 Å². The molecule has 1 atom stereocenters. The molecule has 0 aromatic rings. The Kier molecular flexibility index (Phi) is 16.5. The molecule has 0 aromatic carbocycles. The van der Waals surface area contributed by atoms with E-state index in [1.807, 2.05) is 0 Å². The summed E-state index contributed by atoms with van der Waals surface area (Å²) in [5, 5.41) is 0. The summed E-state index contributed by atoms with van der Waals surface area (Å²) in [6.07, 6.45) is 17.0. The van der Waals surface area contributed by atoms with Crippen molar-refractivity contribution in [2.24, 2.45) is 0 Å². The summed E-state index contributed by atoms with van der Waals surface area (Å²) >= 11 is 0. The minimum absolute atomic E-state index is 0.486. The van der Waals surface area contributed by atoms with Gasteiger partial charge in [-0.25, -0.2) is 0 Å². The van der Waals surface area contributed by atoms with Gasteiger partial charge in [0.15, 0.2) is 0 Å². The van der Waals surface area contributed by atoms with E-state index in [4.69, 9.17) is 0 Å². The van der Waals surface area contributed by atoms with Crippen molar-refractivity contribution in [2.45, 2.75) is 110 Å². The Morgan fingerprint density at radius 3 is 1.95 bits per heavy atom. The van der Waals surface area contributed by atoms with Crippen molar-refractivity contribution in [3.63, 3.8) is 0 Å². The average molecular weight is 308 g/mol. The van der Waals surface area contributed by atoms with Gasteiger partial charge in [0.2, 0.25) is 0 Å². The van der Waals surface area contributed by atoms with Gasteiger partial charge in [-0.05, 0) is 32.9 Å². The maximum Gasteiger partial charge on any atom is 0.0712 e. The van der Waals surface area contributed by atoms with Gasteiger partial charge in [-0.15, -0.1) is 5.92 Å². The SMILES string of the molecule is CCCCCCC#CC(CCCCCCC)N(C)CCCC. The molecule has 0 amide bonds. The van der Waals surface area contributed by atoms with Crippen LogP contribution in [0.15, 0.2) is 0 Å². The first-order valence-electron chi connectivity index (χ1n) is 9.94. The van der Waals surface area contributed by atoms with Crippen LogP contribution in [0, 0.1) is 11.8 Å². The molecule has 0 rings (SSSR count). The summed E-state index contributed by atoms with van der Waals surface area (Å²) in [5.41, 5.74) is 0. The fourth-order valence-corrected chi connectivity index (χ4v) is 2.74. The lowest BCUT2D eigenvalue weighted by Gasteiger charge is -2.23. The van der Waals surface area contributed by atoms with Crippen molar-refractivity contribution in [1.29, 1.82) is 0 Å². The highest BCUT2D eigenvalue weighted by Gasteiger charge is 2.10. The van der Waals surface area contributed by atoms with Gasteiger partial charge in [-0.3, -0.25) is 4.90 Å². The summed E-state index contributed by atoms with van der Waals surface area (Å²) in [4.78, 5) is 2.49. The average Bonchev–Trinajstić information content (AvgIpc) is 2.53. The van der Waals surface area contributed by atoms with Crippen molar-refractivity contribution in [1.82, 2.24) is 4.90 Å². The van der Waals surface area contributed by atoms with Crippen LogP contribution >= 0.6 is 0 Å². The van der Waals surface area contributed by atoms with Crippen molar-refractivity contribution in [2.75, 3.05) is 13.6 Å². The van der Waals surface area contributed by atoms with Crippen LogP contribution in [0.3, 0.4) is 0 Å². The van der Waals surface area contributed by atoms with E-state index in [9.17, 15) is 0 Å². The van der Waals surface area contributed by atoms with E-state index in [-0.39, 0.29) is 0 Å². The van der Waals surface area contributed by atoms with Gasteiger partial charge in [0.1, 0.15) is 0 Å². The largest absolute Gasteiger partial charge is 0.293 e. The molecule has 0 aliphatic rings.